The fourth-order valence-electron chi connectivity index (χ4n) is 3.47. The van der Waals surface area contributed by atoms with Gasteiger partial charge in [-0.15, -0.1) is 0 Å². The lowest BCUT2D eigenvalue weighted by atomic mass is 10.1. The molecule has 1 aromatic heterocycles. The van der Waals surface area contributed by atoms with Gasteiger partial charge in [0, 0.05) is 11.3 Å². The van der Waals surface area contributed by atoms with E-state index in [2.05, 4.69) is 23.0 Å². The van der Waals surface area contributed by atoms with Crippen molar-refractivity contribution in [2.75, 3.05) is 13.2 Å². The minimum atomic E-state index is -0.0981. The number of benzene rings is 2. The number of hydrogen-bond acceptors (Lipinski definition) is 5. The Morgan fingerprint density at radius 1 is 1.16 bits per heavy atom. The molecule has 2 aromatic carbocycles. The van der Waals surface area contributed by atoms with Crippen molar-refractivity contribution in [3.05, 3.63) is 78.5 Å². The molecule has 0 atom stereocenters. The third-order valence-electron chi connectivity index (χ3n) is 4.99. The molecule has 1 N–H and O–H groups in total. The van der Waals surface area contributed by atoms with E-state index in [0.29, 0.717) is 17.8 Å². The smallest absolute Gasteiger partial charge is 0.246 e. The van der Waals surface area contributed by atoms with Crippen molar-refractivity contribution in [2.24, 2.45) is 4.99 Å². The minimum Gasteiger partial charge on any atom is -0.347 e. The molecule has 2 heterocycles. The van der Waals surface area contributed by atoms with E-state index in [1.54, 1.807) is 21.7 Å². The first-order valence-electron chi connectivity index (χ1n) is 9.91. The van der Waals surface area contributed by atoms with Gasteiger partial charge in [0.25, 0.3) is 0 Å². The summed E-state index contributed by atoms with van der Waals surface area (Å²) in [5, 5.41) is 17.0. The molecule has 0 aliphatic carbocycles. The Kier molecular flexibility index (Phi) is 5.63. The Morgan fingerprint density at radius 3 is 2.71 bits per heavy atom. The van der Waals surface area contributed by atoms with Gasteiger partial charge in [-0.2, -0.15) is 10.4 Å². The quantitative estimate of drug-likeness (QED) is 0.714. The Hall–Kier alpha value is -4.18. The van der Waals surface area contributed by atoms with Crippen LogP contribution in [0.15, 0.2) is 77.9 Å². The summed E-state index contributed by atoms with van der Waals surface area (Å²) in [4.78, 5) is 19.1. The Balaban J connectivity index is 1.69. The number of carbonyl (C=O) groups is 1. The highest BCUT2D eigenvalue weighted by Gasteiger charge is 2.20. The highest BCUT2D eigenvalue weighted by Crippen LogP contribution is 2.27. The molecule has 7 nitrogen and oxygen atoms in total. The maximum atomic E-state index is 13.1. The van der Waals surface area contributed by atoms with Crippen molar-refractivity contribution < 1.29 is 4.79 Å². The van der Waals surface area contributed by atoms with Gasteiger partial charge in [-0.1, -0.05) is 49.0 Å². The lowest BCUT2D eigenvalue weighted by Gasteiger charge is -2.20. The summed E-state index contributed by atoms with van der Waals surface area (Å²) in [5.41, 5.74) is 4.62. The topological polar surface area (TPSA) is 86.3 Å². The van der Waals surface area contributed by atoms with Gasteiger partial charge in [0.15, 0.2) is 0 Å². The average molecular weight is 410 g/mol. The van der Waals surface area contributed by atoms with Crippen LogP contribution in [0.2, 0.25) is 0 Å². The van der Waals surface area contributed by atoms with Crippen molar-refractivity contribution >= 4 is 11.7 Å². The number of rotatable bonds is 4. The third kappa shape index (κ3) is 4.54. The third-order valence-corrected chi connectivity index (χ3v) is 4.99. The molecule has 3 aromatic rings. The molecule has 31 heavy (non-hydrogen) atoms. The van der Waals surface area contributed by atoms with Gasteiger partial charge in [-0.05, 0) is 30.7 Å². The van der Waals surface area contributed by atoms with Gasteiger partial charge in [-0.25, -0.2) is 0 Å². The second-order valence-electron chi connectivity index (χ2n) is 7.34. The molecular weight excluding hydrogens is 388 g/mol. The van der Waals surface area contributed by atoms with Gasteiger partial charge in [0.2, 0.25) is 5.91 Å². The molecule has 154 valence electrons. The fraction of sp³-hybridized carbons (Fsp3) is 0.167. The molecular formula is C24H22N6O. The Bertz CT molecular complexity index is 1200. The van der Waals surface area contributed by atoms with Gasteiger partial charge >= 0.3 is 0 Å². The zero-order valence-corrected chi connectivity index (χ0v) is 17.2. The van der Waals surface area contributed by atoms with Crippen molar-refractivity contribution in [3.8, 4) is 28.6 Å². The summed E-state index contributed by atoms with van der Waals surface area (Å²) in [5.74, 6) is 0.642. The molecule has 1 aliphatic heterocycles. The van der Waals surface area contributed by atoms with Crippen LogP contribution in [0.4, 0.5) is 0 Å². The van der Waals surface area contributed by atoms with Gasteiger partial charge < -0.3 is 10.2 Å². The molecule has 0 fully saturated rings. The maximum Gasteiger partial charge on any atom is 0.246 e. The zero-order valence-electron chi connectivity index (χ0n) is 17.2. The molecule has 0 saturated heterocycles. The zero-order chi connectivity index (χ0) is 21.8. The fourth-order valence-corrected chi connectivity index (χ4v) is 3.47. The highest BCUT2D eigenvalue weighted by atomic mass is 16.2. The summed E-state index contributed by atoms with van der Waals surface area (Å²) in [6.45, 7) is 6.54. The maximum absolute atomic E-state index is 13.1. The first-order valence-corrected chi connectivity index (χ1v) is 9.91. The van der Waals surface area contributed by atoms with Crippen LogP contribution in [0.5, 0.6) is 0 Å². The monoisotopic (exact) mass is 410 g/mol. The van der Waals surface area contributed by atoms with Gasteiger partial charge in [-0.3, -0.25) is 14.5 Å². The molecule has 0 saturated carbocycles. The van der Waals surface area contributed by atoms with Crippen LogP contribution in [0.1, 0.15) is 12.5 Å². The number of aliphatic imine (C=N–C) groups is 1. The average Bonchev–Trinajstić information content (AvgIpc) is 3.12. The van der Waals surface area contributed by atoms with Gasteiger partial charge in [0.05, 0.1) is 35.4 Å². The molecule has 1 aliphatic rings. The van der Waals surface area contributed by atoms with Gasteiger partial charge in [0.1, 0.15) is 13.2 Å². The number of nitrogens with one attached hydrogen (secondary N) is 1. The van der Waals surface area contributed by atoms with Crippen molar-refractivity contribution in [3.63, 3.8) is 0 Å². The SMILES string of the molecule is C=C1CN(C(=O)Cn2nc(-c3cccc(C#N)c3)cc2-c2ccccc2)CN=C(C)N1. The van der Waals surface area contributed by atoms with Crippen LogP contribution in [0.25, 0.3) is 22.5 Å². The van der Waals surface area contributed by atoms with Crippen LogP contribution >= 0.6 is 0 Å². The molecule has 0 radical (unpaired) electrons. The summed E-state index contributed by atoms with van der Waals surface area (Å²) in [6, 6.07) is 21.2. The van der Waals surface area contributed by atoms with Crippen LogP contribution in [0, 0.1) is 11.3 Å². The summed E-state index contributed by atoms with van der Waals surface area (Å²) < 4.78 is 1.71. The predicted octanol–water partition coefficient (Wildman–Crippen LogP) is 3.41. The number of nitriles is 1. The highest BCUT2D eigenvalue weighted by molar-refractivity contribution is 5.83. The second-order valence-corrected chi connectivity index (χ2v) is 7.34. The second kappa shape index (κ2) is 8.67. The number of nitrogens with zero attached hydrogens (tertiary/aromatic N) is 5. The lowest BCUT2D eigenvalue weighted by Crippen LogP contribution is -2.36. The largest absolute Gasteiger partial charge is 0.347 e. The normalized spacial score (nSPS) is 13.7. The lowest BCUT2D eigenvalue weighted by molar-refractivity contribution is -0.131. The first-order chi connectivity index (χ1) is 15.0. The molecule has 0 unspecified atom stereocenters. The van der Waals surface area contributed by atoms with E-state index < -0.39 is 0 Å². The summed E-state index contributed by atoms with van der Waals surface area (Å²) in [7, 11) is 0. The number of aromatic nitrogens is 2. The molecule has 1 amide bonds. The van der Waals surface area contributed by atoms with Crippen LogP contribution in [-0.2, 0) is 11.3 Å². The van der Waals surface area contributed by atoms with E-state index in [0.717, 1.165) is 28.4 Å². The molecule has 7 heteroatoms. The minimum absolute atomic E-state index is 0.0734. The number of amides is 1. The number of amidine groups is 1. The molecule has 0 spiro atoms. The standard InChI is InChI=1S/C24H22N6O/c1-17-14-29(16-26-18(2)27-17)24(31)15-30-23(20-8-4-3-5-9-20)12-22(28-30)21-10-6-7-19(11-21)13-25/h3-12H,1,14-16H2,2H3,(H,26,27). The first kappa shape index (κ1) is 20.1. The van der Waals surface area contributed by atoms with E-state index in [-0.39, 0.29) is 19.1 Å². The van der Waals surface area contributed by atoms with Crippen LogP contribution in [-0.4, -0.2) is 39.6 Å². The van der Waals surface area contributed by atoms with E-state index in [4.69, 9.17) is 5.10 Å². The number of hydrogen-bond donors (Lipinski definition) is 1. The van der Waals surface area contributed by atoms with Crippen molar-refractivity contribution in [2.45, 2.75) is 13.5 Å². The number of carbonyl (C=O) groups excluding carboxylic acids is 1. The predicted molar refractivity (Wildman–Crippen MR) is 120 cm³/mol. The van der Waals surface area contributed by atoms with Crippen molar-refractivity contribution in [1.82, 2.24) is 20.0 Å². The van der Waals surface area contributed by atoms with Crippen molar-refractivity contribution in [1.29, 1.82) is 5.26 Å². The van der Waals surface area contributed by atoms with E-state index >= 15 is 0 Å². The Labute approximate surface area is 181 Å². The molecule has 0 bridgehead atoms. The van der Waals surface area contributed by atoms with Crippen LogP contribution in [0.3, 0.4) is 0 Å². The summed E-state index contributed by atoms with van der Waals surface area (Å²) >= 11 is 0. The van der Waals surface area contributed by atoms with E-state index in [1.807, 2.05) is 55.5 Å². The van der Waals surface area contributed by atoms with E-state index in [1.165, 1.54) is 0 Å². The Morgan fingerprint density at radius 2 is 1.94 bits per heavy atom. The summed E-state index contributed by atoms with van der Waals surface area (Å²) in [6.07, 6.45) is 0. The van der Waals surface area contributed by atoms with E-state index in [9.17, 15) is 10.1 Å². The molecule has 4 rings (SSSR count). The van der Waals surface area contributed by atoms with Crippen LogP contribution < -0.4 is 5.32 Å².